The first-order chi connectivity index (χ1) is 7.71. The van der Waals surface area contributed by atoms with Gasteiger partial charge in [0.2, 0.25) is 0 Å². The molecule has 1 nitrogen and oxygen atoms in total. The van der Waals surface area contributed by atoms with Gasteiger partial charge < -0.3 is 5.11 Å². The van der Waals surface area contributed by atoms with Crippen molar-refractivity contribution in [2.45, 2.75) is 38.0 Å². The van der Waals surface area contributed by atoms with Gasteiger partial charge in [-0.2, -0.15) is 0 Å². The van der Waals surface area contributed by atoms with Crippen molar-refractivity contribution in [1.82, 2.24) is 0 Å². The maximum absolute atomic E-state index is 9.17. The Kier molecular flexibility index (Phi) is 5.93. The summed E-state index contributed by atoms with van der Waals surface area (Å²) in [5.74, 6) is 1.05. The van der Waals surface area contributed by atoms with Gasteiger partial charge in [-0.3, -0.25) is 0 Å². The Morgan fingerprint density at radius 1 is 1.31 bits per heavy atom. The fourth-order valence-corrected chi connectivity index (χ4v) is 2.16. The van der Waals surface area contributed by atoms with Gasteiger partial charge in [0.1, 0.15) is 0 Å². The molecule has 0 spiro atoms. The van der Waals surface area contributed by atoms with Crippen LogP contribution in [0.15, 0.2) is 23.1 Å². The minimum Gasteiger partial charge on any atom is -0.395 e. The van der Waals surface area contributed by atoms with Crippen molar-refractivity contribution >= 4 is 11.8 Å². The highest BCUT2D eigenvalue weighted by Crippen LogP contribution is 2.24. The molecule has 0 amide bonds. The highest BCUT2D eigenvalue weighted by Gasteiger charge is 2.07. The maximum Gasteiger partial charge on any atom is 0.0534 e. The van der Waals surface area contributed by atoms with Crippen molar-refractivity contribution in [2.24, 2.45) is 0 Å². The summed E-state index contributed by atoms with van der Waals surface area (Å²) in [4.78, 5) is 1.29. The molecule has 0 bridgehead atoms. The van der Waals surface area contributed by atoms with E-state index in [1.165, 1.54) is 28.9 Å². The summed E-state index contributed by atoms with van der Waals surface area (Å²) in [6.45, 7) is 4.35. The van der Waals surface area contributed by atoms with Crippen molar-refractivity contribution in [3.8, 4) is 0 Å². The maximum atomic E-state index is 9.17. The molecule has 0 aromatic heterocycles. The van der Waals surface area contributed by atoms with Crippen molar-refractivity contribution < 1.29 is 5.11 Å². The number of aliphatic hydroxyl groups is 1. The van der Waals surface area contributed by atoms with Crippen LogP contribution in [0.4, 0.5) is 0 Å². The van der Waals surface area contributed by atoms with E-state index in [1.54, 1.807) is 11.8 Å². The van der Waals surface area contributed by atoms with E-state index >= 15 is 0 Å². The van der Waals surface area contributed by atoms with E-state index in [0.29, 0.717) is 0 Å². The molecule has 0 aliphatic carbocycles. The summed E-state index contributed by atoms with van der Waals surface area (Å²) >= 11 is 1.76. The van der Waals surface area contributed by atoms with Gasteiger partial charge in [0.25, 0.3) is 0 Å². The van der Waals surface area contributed by atoms with Crippen LogP contribution in [0.5, 0.6) is 0 Å². The lowest BCUT2D eigenvalue weighted by molar-refractivity contribution is 0.315. The van der Waals surface area contributed by atoms with E-state index in [4.69, 9.17) is 0 Å². The first kappa shape index (κ1) is 13.6. The molecule has 0 aliphatic rings. The van der Waals surface area contributed by atoms with Crippen LogP contribution in [-0.2, 0) is 6.42 Å². The highest BCUT2D eigenvalue weighted by atomic mass is 32.2. The number of thioether (sulfide) groups is 1. The van der Waals surface area contributed by atoms with Crippen LogP contribution in [0.1, 0.15) is 37.8 Å². The number of unbranched alkanes of at least 4 members (excludes halogenated alkanes) is 1. The zero-order valence-electron chi connectivity index (χ0n) is 10.4. The summed E-state index contributed by atoms with van der Waals surface area (Å²) in [5, 5.41) is 9.17. The van der Waals surface area contributed by atoms with Crippen LogP contribution in [0.25, 0.3) is 0 Å². The quantitative estimate of drug-likeness (QED) is 0.762. The zero-order chi connectivity index (χ0) is 12.0. The standard InChI is InChI=1S/C14H21OS/c1-4-5-6-12-7-13(11(2)10-15)9-14(8-12)16-3/h7-9,15H,4-6,10H2,1-3H3. The van der Waals surface area contributed by atoms with E-state index in [0.717, 1.165) is 12.3 Å². The molecule has 1 aromatic carbocycles. The molecule has 1 radical (unpaired) electrons. The second-order valence-electron chi connectivity index (χ2n) is 4.11. The molecule has 0 saturated carbocycles. The molecule has 1 aromatic rings. The van der Waals surface area contributed by atoms with Gasteiger partial charge in [0, 0.05) is 10.8 Å². The number of rotatable bonds is 6. The van der Waals surface area contributed by atoms with Crippen LogP contribution >= 0.6 is 11.8 Å². The smallest absolute Gasteiger partial charge is 0.0534 e. The van der Waals surface area contributed by atoms with E-state index in [9.17, 15) is 5.11 Å². The Morgan fingerprint density at radius 3 is 2.62 bits per heavy atom. The predicted molar refractivity (Wildman–Crippen MR) is 71.9 cm³/mol. The monoisotopic (exact) mass is 237 g/mol. The topological polar surface area (TPSA) is 20.2 Å². The van der Waals surface area contributed by atoms with Gasteiger partial charge in [-0.25, -0.2) is 0 Å². The Bertz CT molecular complexity index is 323. The molecule has 0 atom stereocenters. The molecular weight excluding hydrogens is 216 g/mol. The molecule has 89 valence electrons. The van der Waals surface area contributed by atoms with Crippen molar-refractivity contribution in [3.05, 3.63) is 35.2 Å². The lowest BCUT2D eigenvalue weighted by atomic mass is 9.98. The van der Waals surface area contributed by atoms with Gasteiger partial charge >= 0.3 is 0 Å². The zero-order valence-corrected chi connectivity index (χ0v) is 11.2. The summed E-state index contributed by atoms with van der Waals surface area (Å²) in [6, 6.07) is 6.63. The number of benzene rings is 1. The number of aliphatic hydroxyl groups excluding tert-OH is 1. The minimum absolute atomic E-state index is 0.144. The number of aryl methyl sites for hydroxylation is 1. The van der Waals surface area contributed by atoms with Gasteiger partial charge in [0.05, 0.1) is 6.61 Å². The third-order valence-electron chi connectivity index (χ3n) is 2.75. The van der Waals surface area contributed by atoms with E-state index in [-0.39, 0.29) is 6.61 Å². The third-order valence-corrected chi connectivity index (χ3v) is 3.46. The molecule has 2 heteroatoms. The third kappa shape index (κ3) is 3.84. The molecular formula is C14H21OS. The molecule has 16 heavy (non-hydrogen) atoms. The molecule has 0 heterocycles. The molecule has 1 N–H and O–H groups in total. The molecule has 1 rings (SSSR count). The Morgan fingerprint density at radius 2 is 2.06 bits per heavy atom. The van der Waals surface area contributed by atoms with E-state index < -0.39 is 0 Å². The Hall–Kier alpha value is -0.470. The van der Waals surface area contributed by atoms with Crippen LogP contribution in [-0.4, -0.2) is 18.0 Å². The second-order valence-corrected chi connectivity index (χ2v) is 4.99. The van der Waals surface area contributed by atoms with Gasteiger partial charge in [-0.15, -0.1) is 11.8 Å². The number of hydrogen-bond donors (Lipinski definition) is 1. The lowest BCUT2D eigenvalue weighted by Gasteiger charge is -2.12. The summed E-state index contributed by atoms with van der Waals surface area (Å²) in [6.07, 6.45) is 5.69. The van der Waals surface area contributed by atoms with Crippen LogP contribution < -0.4 is 0 Å². The Labute approximate surface area is 103 Å². The van der Waals surface area contributed by atoms with Crippen LogP contribution in [0, 0.1) is 5.92 Å². The average molecular weight is 237 g/mol. The van der Waals surface area contributed by atoms with Crippen molar-refractivity contribution in [3.63, 3.8) is 0 Å². The average Bonchev–Trinajstić information content (AvgIpc) is 2.34. The largest absolute Gasteiger partial charge is 0.395 e. The van der Waals surface area contributed by atoms with Gasteiger partial charge in [-0.1, -0.05) is 26.3 Å². The molecule has 0 unspecified atom stereocenters. The second kappa shape index (κ2) is 6.97. The van der Waals surface area contributed by atoms with Crippen molar-refractivity contribution in [2.75, 3.05) is 12.9 Å². The van der Waals surface area contributed by atoms with Gasteiger partial charge in [-0.05, 0) is 42.4 Å². The summed E-state index contributed by atoms with van der Waals surface area (Å²) in [5.41, 5.74) is 2.57. The van der Waals surface area contributed by atoms with Crippen LogP contribution in [0.2, 0.25) is 0 Å². The molecule has 0 saturated heterocycles. The normalized spacial score (nSPS) is 11.1. The first-order valence-electron chi connectivity index (χ1n) is 5.82. The summed E-state index contributed by atoms with van der Waals surface area (Å²) in [7, 11) is 0. The van der Waals surface area contributed by atoms with E-state index in [2.05, 4.69) is 31.4 Å². The number of hydrogen-bond acceptors (Lipinski definition) is 2. The van der Waals surface area contributed by atoms with E-state index in [1.807, 2.05) is 6.92 Å². The SMILES string of the molecule is CCCCc1cc(SC)cc([C](C)CO)c1. The van der Waals surface area contributed by atoms with Gasteiger partial charge in [0.15, 0.2) is 0 Å². The highest BCUT2D eigenvalue weighted by molar-refractivity contribution is 7.98. The van der Waals surface area contributed by atoms with Crippen LogP contribution in [0.3, 0.4) is 0 Å². The predicted octanol–water partition coefficient (Wildman–Crippen LogP) is 3.69. The fourth-order valence-electron chi connectivity index (χ4n) is 1.64. The first-order valence-corrected chi connectivity index (χ1v) is 7.05. The molecule has 0 aliphatic heterocycles. The Balaban J connectivity index is 2.91. The van der Waals surface area contributed by atoms with Crippen molar-refractivity contribution in [1.29, 1.82) is 0 Å². The minimum atomic E-state index is 0.144. The fraction of sp³-hybridized carbons (Fsp3) is 0.500. The molecule has 0 fully saturated rings. The summed E-state index contributed by atoms with van der Waals surface area (Å²) < 4.78 is 0. The lowest BCUT2D eigenvalue weighted by Crippen LogP contribution is -2.01.